The minimum Gasteiger partial charge on any atom is -0.338 e. The number of anilines is 1. The molecular weight excluding hydrogens is 290 g/mol. The summed E-state index contributed by atoms with van der Waals surface area (Å²) in [5.74, 6) is 0.208. The molecule has 2 N–H and O–H groups in total. The lowest BCUT2D eigenvalue weighted by molar-refractivity contribution is -0.117. The third-order valence-electron chi connectivity index (χ3n) is 5.10. The van der Waals surface area contributed by atoms with Crippen LogP contribution in [0.5, 0.6) is 0 Å². The molecule has 2 aliphatic heterocycles. The zero-order valence-corrected chi connectivity index (χ0v) is 13.9. The van der Waals surface area contributed by atoms with Crippen LogP contribution in [0.3, 0.4) is 0 Å². The Bertz CT molecular complexity index is 609. The van der Waals surface area contributed by atoms with Crippen molar-refractivity contribution in [2.24, 2.45) is 11.1 Å². The summed E-state index contributed by atoms with van der Waals surface area (Å²) in [5.41, 5.74) is 7.63. The Morgan fingerprint density at radius 1 is 1.22 bits per heavy atom. The fourth-order valence-corrected chi connectivity index (χ4v) is 3.43. The molecule has 0 aliphatic carbocycles. The number of nitrogens with two attached hydrogens (primary N) is 1. The minimum absolute atomic E-state index is 0.0456. The van der Waals surface area contributed by atoms with Gasteiger partial charge in [-0.3, -0.25) is 9.59 Å². The van der Waals surface area contributed by atoms with Crippen LogP contribution in [-0.4, -0.2) is 42.4 Å². The topological polar surface area (TPSA) is 66.6 Å². The number of amides is 2. The van der Waals surface area contributed by atoms with E-state index in [0.29, 0.717) is 25.1 Å². The van der Waals surface area contributed by atoms with Crippen molar-refractivity contribution in [2.75, 3.05) is 24.5 Å². The lowest BCUT2D eigenvalue weighted by Gasteiger charge is -2.42. The van der Waals surface area contributed by atoms with Crippen molar-refractivity contribution in [3.63, 3.8) is 0 Å². The second kappa shape index (κ2) is 5.96. The van der Waals surface area contributed by atoms with E-state index in [1.165, 1.54) is 0 Å². The van der Waals surface area contributed by atoms with Crippen LogP contribution in [-0.2, 0) is 4.79 Å². The fraction of sp³-hybridized carbons (Fsp3) is 0.556. The molecule has 0 spiro atoms. The van der Waals surface area contributed by atoms with Crippen molar-refractivity contribution in [3.05, 3.63) is 29.8 Å². The first-order valence-electron chi connectivity index (χ1n) is 8.34. The SMILES string of the molecule is CC1(C)CN(C(=O)c2ccc(N3CCCC3=O)cc2)CCC1N. The number of nitrogens with zero attached hydrogens (tertiary/aromatic N) is 2. The van der Waals surface area contributed by atoms with Crippen LogP contribution in [0.25, 0.3) is 0 Å². The lowest BCUT2D eigenvalue weighted by atomic mass is 9.79. The molecule has 23 heavy (non-hydrogen) atoms. The Morgan fingerprint density at radius 3 is 2.48 bits per heavy atom. The van der Waals surface area contributed by atoms with Gasteiger partial charge in [0.05, 0.1) is 0 Å². The maximum absolute atomic E-state index is 12.7. The highest BCUT2D eigenvalue weighted by Crippen LogP contribution is 2.29. The van der Waals surface area contributed by atoms with E-state index in [-0.39, 0.29) is 23.3 Å². The molecule has 2 heterocycles. The van der Waals surface area contributed by atoms with Crippen LogP contribution in [0, 0.1) is 5.41 Å². The van der Waals surface area contributed by atoms with Gasteiger partial charge in [0, 0.05) is 43.3 Å². The summed E-state index contributed by atoms with van der Waals surface area (Å²) in [6.07, 6.45) is 2.35. The van der Waals surface area contributed by atoms with E-state index >= 15 is 0 Å². The Morgan fingerprint density at radius 2 is 1.91 bits per heavy atom. The van der Waals surface area contributed by atoms with E-state index in [1.807, 2.05) is 29.2 Å². The molecule has 1 unspecified atom stereocenters. The number of rotatable bonds is 2. The molecule has 1 atom stereocenters. The van der Waals surface area contributed by atoms with Crippen molar-refractivity contribution in [2.45, 2.75) is 39.2 Å². The Labute approximate surface area is 137 Å². The molecule has 2 aliphatic rings. The molecule has 1 aromatic rings. The van der Waals surface area contributed by atoms with E-state index in [4.69, 9.17) is 5.73 Å². The van der Waals surface area contributed by atoms with E-state index < -0.39 is 0 Å². The maximum Gasteiger partial charge on any atom is 0.253 e. The third kappa shape index (κ3) is 3.11. The third-order valence-corrected chi connectivity index (χ3v) is 5.10. The number of carbonyl (C=O) groups excluding carboxylic acids is 2. The average Bonchev–Trinajstić information content (AvgIpc) is 2.95. The Balaban J connectivity index is 1.72. The van der Waals surface area contributed by atoms with E-state index in [2.05, 4.69) is 13.8 Å². The van der Waals surface area contributed by atoms with Crippen molar-refractivity contribution in [1.82, 2.24) is 4.90 Å². The quantitative estimate of drug-likeness (QED) is 0.908. The number of likely N-dealkylation sites (tertiary alicyclic amines) is 1. The molecule has 5 nitrogen and oxygen atoms in total. The predicted molar refractivity (Wildman–Crippen MR) is 90.3 cm³/mol. The average molecular weight is 315 g/mol. The first-order chi connectivity index (χ1) is 10.9. The summed E-state index contributed by atoms with van der Waals surface area (Å²) in [5, 5.41) is 0. The molecule has 2 fully saturated rings. The summed E-state index contributed by atoms with van der Waals surface area (Å²) in [7, 11) is 0. The summed E-state index contributed by atoms with van der Waals surface area (Å²) >= 11 is 0. The van der Waals surface area contributed by atoms with E-state index in [9.17, 15) is 9.59 Å². The molecule has 1 aromatic carbocycles. The zero-order chi connectivity index (χ0) is 16.6. The highest BCUT2D eigenvalue weighted by Gasteiger charge is 2.35. The van der Waals surface area contributed by atoms with Crippen LogP contribution in [0.4, 0.5) is 5.69 Å². The molecule has 0 aromatic heterocycles. The van der Waals surface area contributed by atoms with Gasteiger partial charge in [-0.25, -0.2) is 0 Å². The second-order valence-corrected chi connectivity index (χ2v) is 7.31. The molecule has 5 heteroatoms. The molecule has 2 amide bonds. The monoisotopic (exact) mass is 315 g/mol. The standard InChI is InChI=1S/C18H25N3O2/c1-18(2)12-20(11-9-15(18)19)17(23)13-5-7-14(8-6-13)21-10-3-4-16(21)22/h5-8,15H,3-4,9-12,19H2,1-2H3. The van der Waals surface area contributed by atoms with Gasteiger partial charge >= 0.3 is 0 Å². The van der Waals surface area contributed by atoms with E-state index in [0.717, 1.165) is 25.1 Å². The first-order valence-corrected chi connectivity index (χ1v) is 8.34. The van der Waals surface area contributed by atoms with Crippen LogP contribution < -0.4 is 10.6 Å². The van der Waals surface area contributed by atoms with Crippen molar-refractivity contribution in [1.29, 1.82) is 0 Å². The van der Waals surface area contributed by atoms with Crippen molar-refractivity contribution >= 4 is 17.5 Å². The number of piperidine rings is 1. The summed E-state index contributed by atoms with van der Waals surface area (Å²) in [6.45, 7) is 6.37. The van der Waals surface area contributed by atoms with Gasteiger partial charge in [-0.15, -0.1) is 0 Å². The number of hydrogen-bond acceptors (Lipinski definition) is 3. The summed E-state index contributed by atoms with van der Waals surface area (Å²) in [6, 6.07) is 7.53. The van der Waals surface area contributed by atoms with Crippen molar-refractivity contribution in [3.8, 4) is 0 Å². The van der Waals surface area contributed by atoms with Crippen LogP contribution >= 0.6 is 0 Å². The summed E-state index contributed by atoms with van der Waals surface area (Å²) < 4.78 is 0. The van der Waals surface area contributed by atoms with Crippen LogP contribution in [0.2, 0.25) is 0 Å². The molecule has 3 rings (SSSR count). The van der Waals surface area contributed by atoms with Gasteiger partial charge in [-0.1, -0.05) is 13.8 Å². The smallest absolute Gasteiger partial charge is 0.253 e. The van der Waals surface area contributed by atoms with Gasteiger partial charge in [-0.05, 0) is 42.5 Å². The molecule has 0 bridgehead atoms. The molecule has 0 saturated carbocycles. The Hall–Kier alpha value is -1.88. The number of benzene rings is 1. The molecule has 124 valence electrons. The molecule has 2 saturated heterocycles. The van der Waals surface area contributed by atoms with Gasteiger partial charge in [0.15, 0.2) is 0 Å². The summed E-state index contributed by atoms with van der Waals surface area (Å²) in [4.78, 5) is 28.2. The first kappa shape index (κ1) is 16.0. The normalized spacial score (nSPS) is 24.1. The van der Waals surface area contributed by atoms with Crippen molar-refractivity contribution < 1.29 is 9.59 Å². The van der Waals surface area contributed by atoms with Gasteiger partial charge in [0.25, 0.3) is 5.91 Å². The van der Waals surface area contributed by atoms with E-state index in [1.54, 1.807) is 4.90 Å². The second-order valence-electron chi connectivity index (χ2n) is 7.31. The van der Waals surface area contributed by atoms with Gasteiger partial charge in [0.2, 0.25) is 5.91 Å². The number of carbonyl (C=O) groups is 2. The van der Waals surface area contributed by atoms with Crippen LogP contribution in [0.1, 0.15) is 43.5 Å². The number of hydrogen-bond donors (Lipinski definition) is 1. The minimum atomic E-state index is -0.0597. The maximum atomic E-state index is 12.7. The highest BCUT2D eigenvalue weighted by molar-refractivity contribution is 5.97. The van der Waals surface area contributed by atoms with Gasteiger partial charge < -0.3 is 15.5 Å². The molecule has 0 radical (unpaired) electrons. The largest absolute Gasteiger partial charge is 0.338 e. The molecular formula is C18H25N3O2. The predicted octanol–water partition coefficient (Wildman–Crippen LogP) is 2.01. The van der Waals surface area contributed by atoms with Gasteiger partial charge in [-0.2, -0.15) is 0 Å². The van der Waals surface area contributed by atoms with Gasteiger partial charge in [0.1, 0.15) is 0 Å². The van der Waals surface area contributed by atoms with Crippen LogP contribution in [0.15, 0.2) is 24.3 Å². The zero-order valence-electron chi connectivity index (χ0n) is 13.9. The lowest BCUT2D eigenvalue weighted by Crippen LogP contribution is -2.54. The Kier molecular flexibility index (Phi) is 4.15. The highest BCUT2D eigenvalue weighted by atomic mass is 16.2. The fourth-order valence-electron chi connectivity index (χ4n) is 3.43.